The number of rotatable bonds is 35. The van der Waals surface area contributed by atoms with E-state index in [9.17, 15) is 9.59 Å². The predicted molar refractivity (Wildman–Crippen MR) is 271 cm³/mol. The van der Waals surface area contributed by atoms with Crippen molar-refractivity contribution in [3.8, 4) is 0 Å². The zero-order valence-electron chi connectivity index (χ0n) is 41.6. The van der Waals surface area contributed by atoms with E-state index in [2.05, 4.69) is 102 Å². The molecule has 9 nitrogen and oxygen atoms in total. The minimum Gasteiger partial charge on any atom is -0.444 e. The number of nitrogens with one attached hydrogen (secondary N) is 2. The molecule has 364 valence electrons. The van der Waals surface area contributed by atoms with Gasteiger partial charge in [-0.2, -0.15) is 0 Å². The van der Waals surface area contributed by atoms with Crippen LogP contribution in [0.5, 0.6) is 0 Å². The molecule has 0 aliphatic heterocycles. The van der Waals surface area contributed by atoms with Crippen LogP contribution in [0.4, 0.5) is 4.79 Å². The fourth-order valence-electron chi connectivity index (χ4n) is 8.76. The smallest absolute Gasteiger partial charge is 0.408 e. The van der Waals surface area contributed by atoms with Crippen LogP contribution in [0.2, 0.25) is 0 Å². The maximum atomic E-state index is 14.2. The van der Waals surface area contributed by atoms with Crippen LogP contribution < -0.4 is 10.6 Å². The molecule has 4 rings (SSSR count). The van der Waals surface area contributed by atoms with Gasteiger partial charge in [0.15, 0.2) is 0 Å². The normalized spacial score (nSPS) is 12.7. The van der Waals surface area contributed by atoms with Gasteiger partial charge in [0.05, 0.1) is 24.7 Å². The first-order valence-electron chi connectivity index (χ1n) is 25.8. The number of unbranched alkanes of at least 4 members (excludes halogenated alkanes) is 18. The van der Waals surface area contributed by atoms with Crippen molar-refractivity contribution < 1.29 is 23.8 Å². The van der Waals surface area contributed by atoms with E-state index in [1.807, 2.05) is 51.5 Å². The number of ether oxygens (including phenoxy) is 3. The first-order valence-corrected chi connectivity index (χ1v) is 25.8. The molecule has 1 aromatic heterocycles. The van der Waals surface area contributed by atoms with Gasteiger partial charge in [0, 0.05) is 32.4 Å². The summed E-state index contributed by atoms with van der Waals surface area (Å²) in [5.74, 6) is -0.335. The molecule has 9 heteroatoms. The van der Waals surface area contributed by atoms with E-state index in [1.54, 1.807) is 0 Å². The van der Waals surface area contributed by atoms with Gasteiger partial charge in [-0.05, 0) is 50.3 Å². The summed E-state index contributed by atoms with van der Waals surface area (Å²) in [6.45, 7) is 11.9. The number of amides is 2. The van der Waals surface area contributed by atoms with Crippen LogP contribution >= 0.6 is 0 Å². The molecule has 0 saturated carbocycles. The van der Waals surface area contributed by atoms with Crippen molar-refractivity contribution in [2.45, 2.75) is 193 Å². The number of benzene rings is 3. The van der Waals surface area contributed by atoms with E-state index in [0.717, 1.165) is 42.4 Å². The third-order valence-corrected chi connectivity index (χ3v) is 12.3. The second-order valence-electron chi connectivity index (χ2n) is 19.2. The van der Waals surface area contributed by atoms with Crippen molar-refractivity contribution in [1.82, 2.24) is 20.2 Å². The Balaban J connectivity index is 1.45. The van der Waals surface area contributed by atoms with E-state index in [-0.39, 0.29) is 25.0 Å². The lowest BCUT2D eigenvalue weighted by atomic mass is 9.77. The van der Waals surface area contributed by atoms with E-state index >= 15 is 0 Å². The van der Waals surface area contributed by atoms with Crippen LogP contribution in [0.1, 0.15) is 185 Å². The Kier molecular flexibility index (Phi) is 25.8. The Morgan fingerprint density at radius 3 is 1.50 bits per heavy atom. The van der Waals surface area contributed by atoms with Crippen molar-refractivity contribution >= 4 is 12.0 Å². The molecule has 2 atom stereocenters. The average molecular weight is 907 g/mol. The van der Waals surface area contributed by atoms with Crippen LogP contribution in [0.3, 0.4) is 0 Å². The van der Waals surface area contributed by atoms with Gasteiger partial charge in [0.1, 0.15) is 17.2 Å². The van der Waals surface area contributed by atoms with E-state index in [0.29, 0.717) is 25.5 Å². The number of nitrogens with zero attached hydrogens (tertiary/aromatic N) is 2. The Bertz CT molecular complexity index is 1750. The molecule has 1 heterocycles. The van der Waals surface area contributed by atoms with Crippen LogP contribution in [0, 0.1) is 0 Å². The van der Waals surface area contributed by atoms with E-state index < -0.39 is 23.3 Å². The Morgan fingerprint density at radius 1 is 0.606 bits per heavy atom. The van der Waals surface area contributed by atoms with Gasteiger partial charge in [0.25, 0.3) is 0 Å². The quantitative estimate of drug-likeness (QED) is 0.0352. The molecule has 0 aliphatic carbocycles. The average Bonchev–Trinajstić information content (AvgIpc) is 3.78. The first kappa shape index (κ1) is 54.1. The second-order valence-corrected chi connectivity index (χ2v) is 19.2. The Morgan fingerprint density at radius 2 is 1.05 bits per heavy atom. The molecule has 4 aromatic rings. The molecule has 2 amide bonds. The summed E-state index contributed by atoms with van der Waals surface area (Å²) < 4.78 is 20.4. The van der Waals surface area contributed by atoms with Crippen LogP contribution in [0.25, 0.3) is 0 Å². The van der Waals surface area contributed by atoms with Crippen molar-refractivity contribution in [1.29, 1.82) is 0 Å². The third kappa shape index (κ3) is 19.8. The van der Waals surface area contributed by atoms with Crippen molar-refractivity contribution in [2.75, 3.05) is 26.4 Å². The van der Waals surface area contributed by atoms with Crippen molar-refractivity contribution in [3.05, 3.63) is 126 Å². The maximum Gasteiger partial charge on any atom is 0.408 e. The highest BCUT2D eigenvalue weighted by Gasteiger charge is 2.38. The van der Waals surface area contributed by atoms with Crippen molar-refractivity contribution in [3.63, 3.8) is 0 Å². The SMILES string of the molecule is CCCCCCCCCCCCOCC(CNC(=O)[C@H](Cc1cn(C(c2ccccc2)(c2ccccc2)c2ccccc2)cn1)NC(=O)OC(C)(C)C)OCCCCCCCCCCCC. The minimum atomic E-state index is -0.960. The lowest BCUT2D eigenvalue weighted by Crippen LogP contribution is -2.51. The molecule has 0 fully saturated rings. The van der Waals surface area contributed by atoms with Crippen LogP contribution in [0.15, 0.2) is 104 Å². The Hall–Kier alpha value is -4.47. The highest BCUT2D eigenvalue weighted by molar-refractivity contribution is 5.86. The number of imidazole rings is 1. The van der Waals surface area contributed by atoms with Crippen molar-refractivity contribution in [2.24, 2.45) is 0 Å². The molecule has 0 bridgehead atoms. The molecule has 0 radical (unpaired) electrons. The molecule has 0 saturated heterocycles. The van der Waals surface area contributed by atoms with Gasteiger partial charge in [-0.1, -0.05) is 220 Å². The first-order chi connectivity index (χ1) is 32.2. The zero-order chi connectivity index (χ0) is 47.1. The molecule has 3 aromatic carbocycles. The summed E-state index contributed by atoms with van der Waals surface area (Å²) in [7, 11) is 0. The molecule has 2 N–H and O–H groups in total. The number of alkyl carbamates (subject to hydrolysis) is 1. The molecular weight excluding hydrogens is 821 g/mol. The highest BCUT2D eigenvalue weighted by Crippen LogP contribution is 2.40. The molecular formula is C57H86N4O5. The maximum absolute atomic E-state index is 14.2. The molecule has 0 aliphatic rings. The monoisotopic (exact) mass is 907 g/mol. The van der Waals surface area contributed by atoms with Gasteiger partial charge in [-0.15, -0.1) is 0 Å². The molecule has 66 heavy (non-hydrogen) atoms. The predicted octanol–water partition coefficient (Wildman–Crippen LogP) is 13.5. The highest BCUT2D eigenvalue weighted by atomic mass is 16.6. The second kappa shape index (κ2) is 31.5. The minimum absolute atomic E-state index is 0.145. The summed E-state index contributed by atoms with van der Waals surface area (Å²) in [4.78, 5) is 32.4. The fraction of sp³-hybridized carbons (Fsp3) is 0.596. The fourth-order valence-corrected chi connectivity index (χ4v) is 8.76. The van der Waals surface area contributed by atoms with Crippen LogP contribution in [-0.4, -0.2) is 65.7 Å². The number of hydrogen-bond acceptors (Lipinski definition) is 6. The third-order valence-electron chi connectivity index (χ3n) is 12.3. The standard InChI is InChI=1S/C57H86N4O5/c1-6-8-10-12-14-16-18-20-22-33-41-64-46-52(65-42-34-23-21-19-17-15-13-11-9-7-2)44-58-54(62)53(60-55(63)66-56(3,4)5)43-51-45-61(47-59-51)57(48-35-27-24-28-36-48,49-37-29-25-30-38-49)50-39-31-26-32-40-50/h24-32,35-40,45,47,52-53H,6-23,33-34,41-44,46H2,1-5H3,(H,58,62)(H,60,63)/t52?,53-/m0/s1. The Labute approximate surface area is 399 Å². The lowest BCUT2D eigenvalue weighted by molar-refractivity contribution is -0.124. The van der Waals surface area contributed by atoms with Crippen LogP contribution in [-0.2, 0) is 31.0 Å². The van der Waals surface area contributed by atoms with E-state index in [4.69, 9.17) is 19.2 Å². The number of hydrogen-bond donors (Lipinski definition) is 2. The zero-order valence-corrected chi connectivity index (χ0v) is 41.6. The summed E-state index contributed by atoms with van der Waals surface area (Å²) in [5.41, 5.74) is 2.32. The summed E-state index contributed by atoms with van der Waals surface area (Å²) in [6, 6.07) is 30.2. The van der Waals surface area contributed by atoms with Gasteiger partial charge < -0.3 is 29.4 Å². The summed E-state index contributed by atoms with van der Waals surface area (Å²) in [5, 5.41) is 6.00. The van der Waals surface area contributed by atoms with Gasteiger partial charge >= 0.3 is 6.09 Å². The molecule has 0 spiro atoms. The summed E-state index contributed by atoms with van der Waals surface area (Å²) >= 11 is 0. The lowest BCUT2D eigenvalue weighted by Gasteiger charge is -2.37. The van der Waals surface area contributed by atoms with Gasteiger partial charge in [-0.3, -0.25) is 4.79 Å². The van der Waals surface area contributed by atoms with Gasteiger partial charge in [-0.25, -0.2) is 9.78 Å². The molecule has 1 unspecified atom stereocenters. The topological polar surface area (TPSA) is 104 Å². The number of carbonyl (C=O) groups is 2. The number of carbonyl (C=O) groups excluding carboxylic acids is 2. The van der Waals surface area contributed by atoms with Gasteiger partial charge in [0.2, 0.25) is 5.91 Å². The largest absolute Gasteiger partial charge is 0.444 e. The van der Waals surface area contributed by atoms with E-state index in [1.165, 1.54) is 103 Å². The number of aromatic nitrogens is 2. The summed E-state index contributed by atoms with van der Waals surface area (Å²) in [6.07, 6.45) is 28.2.